The van der Waals surface area contributed by atoms with E-state index in [1.54, 1.807) is 11.3 Å². The first-order valence-corrected chi connectivity index (χ1v) is 11.5. The lowest BCUT2D eigenvalue weighted by molar-refractivity contribution is -0.0235. The number of fused-ring (bicyclic) bond motifs is 1. The first kappa shape index (κ1) is 18.9. The summed E-state index contributed by atoms with van der Waals surface area (Å²) in [6, 6.07) is 17.2. The monoisotopic (exact) mass is 398 g/mol. The number of thiazole rings is 1. The van der Waals surface area contributed by atoms with E-state index in [0.717, 1.165) is 42.2 Å². The van der Waals surface area contributed by atoms with Crippen LogP contribution >= 0.6 is 23.1 Å². The number of rotatable bonds is 6. The van der Waals surface area contributed by atoms with Crippen molar-refractivity contribution in [3.63, 3.8) is 0 Å². The Bertz CT molecular complexity index is 854. The molecule has 1 atom stereocenters. The summed E-state index contributed by atoms with van der Waals surface area (Å²) in [6.45, 7) is 4.39. The van der Waals surface area contributed by atoms with Crippen molar-refractivity contribution in [2.45, 2.75) is 36.9 Å². The largest absolute Gasteiger partial charge is 0.363 e. The number of thioether (sulfide) groups is 1. The lowest BCUT2D eigenvalue weighted by Crippen LogP contribution is -2.35. The van der Waals surface area contributed by atoms with Crippen LogP contribution in [0.15, 0.2) is 53.4 Å². The molecule has 1 aromatic heterocycles. The van der Waals surface area contributed by atoms with E-state index in [0.29, 0.717) is 6.10 Å². The maximum Gasteiger partial charge on any atom is 0.134 e. The number of likely N-dealkylation sites (tertiary alicyclic amines) is 1. The molecule has 0 bridgehead atoms. The highest BCUT2D eigenvalue weighted by Gasteiger charge is 2.26. The van der Waals surface area contributed by atoms with E-state index in [-0.39, 0.29) is 6.10 Å². The molecule has 0 saturated carbocycles. The first-order valence-electron chi connectivity index (χ1n) is 9.65. The summed E-state index contributed by atoms with van der Waals surface area (Å²) in [5, 5.41) is 1.06. The van der Waals surface area contributed by atoms with Crippen LogP contribution in [0.5, 0.6) is 0 Å². The van der Waals surface area contributed by atoms with Crippen molar-refractivity contribution in [3.05, 3.63) is 59.1 Å². The summed E-state index contributed by atoms with van der Waals surface area (Å²) in [5.41, 5.74) is 2.28. The van der Waals surface area contributed by atoms with Gasteiger partial charge in [0.2, 0.25) is 0 Å². The van der Waals surface area contributed by atoms with Crippen LogP contribution in [0.1, 0.15) is 36.4 Å². The minimum atomic E-state index is -0.0896. The molecule has 0 amide bonds. The molecule has 1 aliphatic rings. The van der Waals surface area contributed by atoms with E-state index in [9.17, 15) is 0 Å². The molecule has 0 aliphatic carbocycles. The highest BCUT2D eigenvalue weighted by Crippen LogP contribution is 2.36. The van der Waals surface area contributed by atoms with E-state index in [1.807, 2.05) is 11.8 Å². The van der Waals surface area contributed by atoms with Crippen molar-refractivity contribution < 1.29 is 4.74 Å². The predicted octanol–water partition coefficient (Wildman–Crippen LogP) is 5.61. The molecule has 2 aromatic carbocycles. The fourth-order valence-corrected chi connectivity index (χ4v) is 5.29. The summed E-state index contributed by atoms with van der Waals surface area (Å²) in [5.74, 6) is 1.07. The number of benzene rings is 2. The summed E-state index contributed by atoms with van der Waals surface area (Å²) in [6.07, 6.45) is 2.37. The van der Waals surface area contributed by atoms with Gasteiger partial charge in [-0.1, -0.05) is 31.2 Å². The maximum absolute atomic E-state index is 6.69. The van der Waals surface area contributed by atoms with Crippen LogP contribution < -0.4 is 0 Å². The Hall–Kier alpha value is -1.40. The molecule has 4 rings (SSSR count). The molecule has 0 spiro atoms. The van der Waals surface area contributed by atoms with Crippen molar-refractivity contribution in [3.8, 4) is 0 Å². The third kappa shape index (κ3) is 4.54. The molecule has 0 radical (unpaired) electrons. The van der Waals surface area contributed by atoms with E-state index < -0.39 is 0 Å². The number of hydrogen-bond acceptors (Lipinski definition) is 5. The third-order valence-electron chi connectivity index (χ3n) is 5.00. The van der Waals surface area contributed by atoms with Gasteiger partial charge >= 0.3 is 0 Å². The second-order valence-electron chi connectivity index (χ2n) is 7.04. The van der Waals surface area contributed by atoms with Crippen molar-refractivity contribution in [1.29, 1.82) is 0 Å². The SMILES string of the molecule is CCSc1cccc(C(OC2CCN(C)CC2)c2nc3ccccc3s2)c1. The normalized spacial score (nSPS) is 17.4. The molecule has 1 fully saturated rings. The summed E-state index contributed by atoms with van der Waals surface area (Å²) in [7, 11) is 2.19. The zero-order chi connectivity index (χ0) is 18.6. The van der Waals surface area contributed by atoms with Crippen molar-refractivity contribution in [2.24, 2.45) is 0 Å². The summed E-state index contributed by atoms with van der Waals surface area (Å²) in [4.78, 5) is 8.60. The van der Waals surface area contributed by atoms with Gasteiger partial charge in [-0.05, 0) is 55.5 Å². The molecular weight excluding hydrogens is 372 g/mol. The van der Waals surface area contributed by atoms with Crippen LogP contribution in [-0.4, -0.2) is 41.9 Å². The molecule has 3 aromatic rings. The summed E-state index contributed by atoms with van der Waals surface area (Å²) < 4.78 is 7.91. The van der Waals surface area contributed by atoms with Crippen LogP contribution in [-0.2, 0) is 4.74 Å². The van der Waals surface area contributed by atoms with Gasteiger partial charge in [0.15, 0.2) is 0 Å². The topological polar surface area (TPSA) is 25.4 Å². The highest BCUT2D eigenvalue weighted by molar-refractivity contribution is 7.99. The first-order chi connectivity index (χ1) is 13.2. The maximum atomic E-state index is 6.69. The number of piperidine rings is 1. The van der Waals surface area contributed by atoms with Gasteiger partial charge in [0.05, 0.1) is 16.3 Å². The van der Waals surface area contributed by atoms with Crippen molar-refractivity contribution >= 4 is 33.3 Å². The van der Waals surface area contributed by atoms with Gasteiger partial charge < -0.3 is 9.64 Å². The number of nitrogens with zero attached hydrogens (tertiary/aromatic N) is 2. The fourth-order valence-electron chi connectivity index (χ4n) is 3.53. The predicted molar refractivity (Wildman–Crippen MR) is 116 cm³/mol. The molecular formula is C22H26N2OS2. The molecule has 27 heavy (non-hydrogen) atoms. The zero-order valence-electron chi connectivity index (χ0n) is 15.9. The second-order valence-corrected chi connectivity index (χ2v) is 9.44. The molecule has 142 valence electrons. The standard InChI is InChI=1S/C22H26N2OS2/c1-3-26-18-8-6-7-16(15-18)21(25-17-11-13-24(2)14-12-17)22-23-19-9-4-5-10-20(19)27-22/h4-10,15,17,21H,3,11-14H2,1-2H3. The third-order valence-corrected chi connectivity index (χ3v) is 6.96. The Kier molecular flexibility index (Phi) is 6.13. The Morgan fingerprint density at radius 1 is 1.19 bits per heavy atom. The van der Waals surface area contributed by atoms with Crippen LogP contribution in [0.2, 0.25) is 0 Å². The van der Waals surface area contributed by atoms with Gasteiger partial charge in [0, 0.05) is 18.0 Å². The van der Waals surface area contributed by atoms with Crippen molar-refractivity contribution in [2.75, 3.05) is 25.9 Å². The second kappa shape index (κ2) is 8.74. The zero-order valence-corrected chi connectivity index (χ0v) is 17.6. The Labute approximate surface area is 169 Å². The van der Waals surface area contributed by atoms with E-state index >= 15 is 0 Å². The summed E-state index contributed by atoms with van der Waals surface area (Å²) >= 11 is 3.63. The number of aromatic nitrogens is 1. The highest BCUT2D eigenvalue weighted by atomic mass is 32.2. The van der Waals surface area contributed by atoms with Gasteiger partial charge in [0.25, 0.3) is 0 Å². The van der Waals surface area contributed by atoms with Gasteiger partial charge in [-0.25, -0.2) is 4.98 Å². The lowest BCUT2D eigenvalue weighted by atomic mass is 10.1. The molecule has 1 aliphatic heterocycles. The van der Waals surface area contributed by atoms with Crippen LogP contribution in [0.4, 0.5) is 0 Å². The molecule has 3 nitrogen and oxygen atoms in total. The van der Waals surface area contributed by atoms with Gasteiger partial charge in [0.1, 0.15) is 11.1 Å². The molecule has 5 heteroatoms. The van der Waals surface area contributed by atoms with Crippen molar-refractivity contribution in [1.82, 2.24) is 9.88 Å². The molecule has 2 heterocycles. The number of para-hydroxylation sites is 1. The minimum absolute atomic E-state index is 0.0896. The number of ether oxygens (including phenoxy) is 1. The average Bonchev–Trinajstić information content (AvgIpc) is 3.12. The quantitative estimate of drug-likeness (QED) is 0.504. The minimum Gasteiger partial charge on any atom is -0.363 e. The number of hydrogen-bond donors (Lipinski definition) is 0. The Morgan fingerprint density at radius 2 is 2.00 bits per heavy atom. The van der Waals surface area contributed by atoms with Gasteiger partial charge in [-0.3, -0.25) is 0 Å². The average molecular weight is 399 g/mol. The Morgan fingerprint density at radius 3 is 2.78 bits per heavy atom. The van der Waals surface area contributed by atoms with Crippen LogP contribution in [0.3, 0.4) is 0 Å². The fraction of sp³-hybridized carbons (Fsp3) is 0.409. The Balaban J connectivity index is 1.67. The molecule has 0 N–H and O–H groups in total. The van der Waals surface area contributed by atoms with Gasteiger partial charge in [-0.15, -0.1) is 23.1 Å². The van der Waals surface area contributed by atoms with E-state index in [2.05, 4.69) is 67.4 Å². The van der Waals surface area contributed by atoms with E-state index in [4.69, 9.17) is 9.72 Å². The molecule has 1 saturated heterocycles. The van der Waals surface area contributed by atoms with Gasteiger partial charge in [-0.2, -0.15) is 0 Å². The van der Waals surface area contributed by atoms with E-state index in [1.165, 1.54) is 15.2 Å². The lowest BCUT2D eigenvalue weighted by Gasteiger charge is -2.31. The smallest absolute Gasteiger partial charge is 0.134 e. The van der Waals surface area contributed by atoms with Crippen LogP contribution in [0, 0.1) is 0 Å². The van der Waals surface area contributed by atoms with Crippen LogP contribution in [0.25, 0.3) is 10.2 Å². The molecule has 1 unspecified atom stereocenters.